The van der Waals surface area contributed by atoms with E-state index in [1.807, 2.05) is 13.8 Å². The zero-order chi connectivity index (χ0) is 21.6. The molecule has 10 heteroatoms. The number of esters is 2. The minimum absolute atomic E-state index is 0.0652. The maximum absolute atomic E-state index is 12.8. The number of rotatable bonds is 5. The first kappa shape index (κ1) is 20.5. The Balaban J connectivity index is 1.40. The van der Waals surface area contributed by atoms with Crippen molar-refractivity contribution in [3.05, 3.63) is 29.8 Å². The second-order valence-electron chi connectivity index (χ2n) is 8.08. The van der Waals surface area contributed by atoms with E-state index in [9.17, 15) is 19.2 Å². The maximum Gasteiger partial charge on any atom is 0.333 e. The SMILES string of the molecule is CC1(C)S[C@@H]2C(NC(=O)Cc3ccccc3N)C(=O)N2[C@H]1C(=O)OC1CCC(=O)O1. The number of nitrogens with zero attached hydrogens (tertiary/aromatic N) is 1. The van der Waals surface area contributed by atoms with Crippen LogP contribution in [0.5, 0.6) is 0 Å². The van der Waals surface area contributed by atoms with Gasteiger partial charge in [0.1, 0.15) is 17.5 Å². The van der Waals surface area contributed by atoms with Gasteiger partial charge in [-0.15, -0.1) is 11.8 Å². The van der Waals surface area contributed by atoms with Crippen LogP contribution in [0.2, 0.25) is 0 Å². The molecule has 2 unspecified atom stereocenters. The van der Waals surface area contributed by atoms with Gasteiger partial charge in [-0.1, -0.05) is 18.2 Å². The number of β-lactam (4-membered cyclic amide) rings is 1. The lowest BCUT2D eigenvalue weighted by Gasteiger charge is -2.44. The van der Waals surface area contributed by atoms with Crippen LogP contribution in [0.3, 0.4) is 0 Å². The van der Waals surface area contributed by atoms with E-state index in [2.05, 4.69) is 5.32 Å². The average Bonchev–Trinajstić information content (AvgIpc) is 3.19. The Morgan fingerprint density at radius 2 is 2.07 bits per heavy atom. The number of carbonyl (C=O) groups excluding carboxylic acids is 4. The molecule has 0 aromatic heterocycles. The Hall–Kier alpha value is -2.75. The van der Waals surface area contributed by atoms with Crippen molar-refractivity contribution in [3.8, 4) is 0 Å². The molecule has 1 aromatic carbocycles. The number of ether oxygens (including phenoxy) is 2. The summed E-state index contributed by atoms with van der Waals surface area (Å²) < 4.78 is 9.65. The number of cyclic esters (lactones) is 1. The van der Waals surface area contributed by atoms with Crippen LogP contribution >= 0.6 is 11.8 Å². The molecule has 3 aliphatic heterocycles. The number of amides is 2. The summed E-state index contributed by atoms with van der Waals surface area (Å²) in [6.45, 7) is 3.69. The highest BCUT2D eigenvalue weighted by molar-refractivity contribution is 8.01. The van der Waals surface area contributed by atoms with Crippen molar-refractivity contribution in [1.82, 2.24) is 10.2 Å². The lowest BCUT2D eigenvalue weighted by molar-refractivity contribution is -0.185. The molecular formula is C20H23N3O6S. The molecule has 4 rings (SSSR count). The Kier molecular flexibility index (Phi) is 5.13. The molecule has 30 heavy (non-hydrogen) atoms. The fraction of sp³-hybridized carbons (Fsp3) is 0.500. The fourth-order valence-electron chi connectivity index (χ4n) is 4.00. The lowest BCUT2D eigenvalue weighted by atomic mass is 9.95. The molecule has 3 fully saturated rings. The Labute approximate surface area is 177 Å². The van der Waals surface area contributed by atoms with Crippen molar-refractivity contribution in [2.24, 2.45) is 0 Å². The number of nitrogens with one attached hydrogen (secondary N) is 1. The van der Waals surface area contributed by atoms with Gasteiger partial charge in [0.15, 0.2) is 0 Å². The second kappa shape index (κ2) is 7.50. The van der Waals surface area contributed by atoms with Crippen LogP contribution in [0.25, 0.3) is 0 Å². The number of para-hydroxylation sites is 1. The molecule has 0 bridgehead atoms. The normalized spacial score (nSPS) is 29.1. The number of hydrogen-bond acceptors (Lipinski definition) is 8. The molecule has 0 saturated carbocycles. The number of nitrogens with two attached hydrogens (primary N) is 1. The third-order valence-corrected chi connectivity index (χ3v) is 7.05. The van der Waals surface area contributed by atoms with E-state index in [0.717, 1.165) is 0 Å². The molecule has 9 nitrogen and oxygen atoms in total. The highest BCUT2D eigenvalue weighted by atomic mass is 32.2. The predicted molar refractivity (Wildman–Crippen MR) is 108 cm³/mol. The lowest BCUT2D eigenvalue weighted by Crippen LogP contribution is -2.71. The molecular weight excluding hydrogens is 410 g/mol. The van der Waals surface area contributed by atoms with Crippen LogP contribution < -0.4 is 11.1 Å². The zero-order valence-corrected chi connectivity index (χ0v) is 17.4. The highest BCUT2D eigenvalue weighted by Gasteiger charge is 2.64. The summed E-state index contributed by atoms with van der Waals surface area (Å²) in [6, 6.07) is 5.52. The topological polar surface area (TPSA) is 128 Å². The Morgan fingerprint density at radius 3 is 2.73 bits per heavy atom. The van der Waals surface area contributed by atoms with Gasteiger partial charge in [-0.05, 0) is 25.5 Å². The van der Waals surface area contributed by atoms with Crippen molar-refractivity contribution in [3.63, 3.8) is 0 Å². The van der Waals surface area contributed by atoms with Crippen LogP contribution in [-0.4, -0.2) is 57.1 Å². The van der Waals surface area contributed by atoms with Gasteiger partial charge >= 0.3 is 11.9 Å². The van der Waals surface area contributed by atoms with Gasteiger partial charge in [0.2, 0.25) is 18.1 Å². The van der Waals surface area contributed by atoms with E-state index in [0.29, 0.717) is 17.7 Å². The van der Waals surface area contributed by atoms with Gasteiger partial charge in [0, 0.05) is 16.9 Å². The summed E-state index contributed by atoms with van der Waals surface area (Å²) >= 11 is 1.43. The number of hydrogen-bond donors (Lipinski definition) is 2. The standard InChI is InChI=1S/C20H23N3O6S/c1-20(2)16(19(27)29-14-8-7-13(25)28-14)23-17(26)15(18(23)30-20)22-12(24)9-10-5-3-4-6-11(10)21/h3-6,14-16,18H,7-9,21H2,1-2H3,(H,22,24)/t14?,15?,16-,18+/m0/s1. The number of carbonyl (C=O) groups is 4. The molecule has 3 heterocycles. The number of nitrogen functional groups attached to an aromatic ring is 1. The van der Waals surface area contributed by atoms with Gasteiger partial charge in [-0.25, -0.2) is 4.79 Å². The van der Waals surface area contributed by atoms with E-state index in [1.165, 1.54) is 16.7 Å². The maximum atomic E-state index is 12.8. The third kappa shape index (κ3) is 3.60. The molecule has 0 radical (unpaired) electrons. The van der Waals surface area contributed by atoms with Gasteiger partial charge in [0.25, 0.3) is 0 Å². The number of anilines is 1. The van der Waals surface area contributed by atoms with Gasteiger partial charge < -0.3 is 25.4 Å². The number of fused-ring (bicyclic) bond motifs is 1. The molecule has 4 atom stereocenters. The molecule has 0 spiro atoms. The minimum Gasteiger partial charge on any atom is -0.425 e. The molecule has 0 aliphatic carbocycles. The van der Waals surface area contributed by atoms with Crippen LogP contribution in [-0.2, 0) is 35.1 Å². The zero-order valence-electron chi connectivity index (χ0n) is 16.6. The molecule has 3 N–H and O–H groups in total. The van der Waals surface area contributed by atoms with Gasteiger partial charge in [-0.2, -0.15) is 0 Å². The number of benzene rings is 1. The predicted octanol–water partition coefficient (Wildman–Crippen LogP) is 0.565. The summed E-state index contributed by atoms with van der Waals surface area (Å²) in [5, 5.41) is 2.39. The first-order valence-electron chi connectivity index (χ1n) is 9.70. The quantitative estimate of drug-likeness (QED) is 0.392. The average molecular weight is 433 g/mol. The fourth-order valence-corrected chi connectivity index (χ4v) is 5.62. The van der Waals surface area contributed by atoms with Crippen molar-refractivity contribution >= 4 is 41.2 Å². The van der Waals surface area contributed by atoms with Crippen LogP contribution in [0, 0.1) is 0 Å². The van der Waals surface area contributed by atoms with E-state index in [4.69, 9.17) is 15.2 Å². The van der Waals surface area contributed by atoms with Crippen LogP contribution in [0.1, 0.15) is 32.3 Å². The largest absolute Gasteiger partial charge is 0.425 e. The Morgan fingerprint density at radius 1 is 1.33 bits per heavy atom. The van der Waals surface area contributed by atoms with Crippen LogP contribution in [0.15, 0.2) is 24.3 Å². The Bertz CT molecular complexity index is 920. The first-order chi connectivity index (χ1) is 14.2. The molecule has 1 aromatic rings. The number of thioether (sulfide) groups is 1. The first-order valence-corrected chi connectivity index (χ1v) is 10.6. The summed E-state index contributed by atoms with van der Waals surface area (Å²) in [5.74, 6) is -1.66. The molecule has 2 amide bonds. The van der Waals surface area contributed by atoms with Crippen molar-refractivity contribution in [2.45, 2.75) is 61.6 Å². The van der Waals surface area contributed by atoms with Gasteiger partial charge in [-0.3, -0.25) is 14.4 Å². The highest BCUT2D eigenvalue weighted by Crippen LogP contribution is 2.51. The smallest absolute Gasteiger partial charge is 0.333 e. The van der Waals surface area contributed by atoms with Crippen LogP contribution in [0.4, 0.5) is 5.69 Å². The summed E-state index contributed by atoms with van der Waals surface area (Å²) in [4.78, 5) is 50.6. The third-order valence-electron chi connectivity index (χ3n) is 5.48. The van der Waals surface area contributed by atoms with Crippen molar-refractivity contribution in [1.29, 1.82) is 0 Å². The van der Waals surface area contributed by atoms with E-state index >= 15 is 0 Å². The molecule has 160 valence electrons. The summed E-state index contributed by atoms with van der Waals surface area (Å²) in [6.07, 6.45) is -0.334. The minimum atomic E-state index is -0.909. The molecule has 3 saturated heterocycles. The molecule has 3 aliphatic rings. The monoisotopic (exact) mass is 433 g/mol. The van der Waals surface area contributed by atoms with E-state index < -0.39 is 35.1 Å². The summed E-state index contributed by atoms with van der Waals surface area (Å²) in [5.41, 5.74) is 7.08. The van der Waals surface area contributed by atoms with Gasteiger partial charge in [0.05, 0.1) is 12.8 Å². The van der Waals surface area contributed by atoms with E-state index in [-0.39, 0.29) is 30.0 Å². The summed E-state index contributed by atoms with van der Waals surface area (Å²) in [7, 11) is 0. The van der Waals surface area contributed by atoms with Crippen molar-refractivity contribution in [2.75, 3.05) is 5.73 Å². The van der Waals surface area contributed by atoms with Crippen molar-refractivity contribution < 1.29 is 28.7 Å². The van der Waals surface area contributed by atoms with E-state index in [1.54, 1.807) is 24.3 Å². The second-order valence-corrected chi connectivity index (χ2v) is 9.85.